The van der Waals surface area contributed by atoms with Gasteiger partial charge in [0.15, 0.2) is 0 Å². The predicted molar refractivity (Wildman–Crippen MR) is 88.7 cm³/mol. The van der Waals surface area contributed by atoms with Gasteiger partial charge in [0.05, 0.1) is 11.3 Å². The van der Waals surface area contributed by atoms with E-state index in [-0.39, 0.29) is 11.9 Å². The van der Waals surface area contributed by atoms with Crippen LogP contribution in [0.1, 0.15) is 37.7 Å². The number of rotatable bonds is 4. The number of hydrogen-bond donors (Lipinski definition) is 1. The average Bonchev–Trinajstić information content (AvgIpc) is 3.12. The molecule has 1 fully saturated rings. The molecule has 0 bridgehead atoms. The van der Waals surface area contributed by atoms with Gasteiger partial charge in [0.25, 0.3) is 0 Å². The molecule has 23 heavy (non-hydrogen) atoms. The maximum absolute atomic E-state index is 12.4. The van der Waals surface area contributed by atoms with Crippen molar-refractivity contribution < 1.29 is 4.79 Å². The number of carbonyl (C=O) groups is 1. The molecule has 3 rings (SSSR count). The summed E-state index contributed by atoms with van der Waals surface area (Å²) in [5.41, 5.74) is 1.39. The number of amides is 1. The number of hydrogen-bond acceptors (Lipinski definition) is 4. The third-order valence-corrected chi connectivity index (χ3v) is 4.80. The molecule has 1 aliphatic heterocycles. The molecule has 2 atom stereocenters. The second-order valence-corrected chi connectivity index (χ2v) is 6.30. The lowest BCUT2D eigenvalue weighted by Gasteiger charge is -2.33. The van der Waals surface area contributed by atoms with Crippen LogP contribution >= 0.6 is 0 Å². The highest BCUT2D eigenvalue weighted by Crippen LogP contribution is 2.31. The van der Waals surface area contributed by atoms with Crippen LogP contribution in [-0.2, 0) is 4.79 Å². The smallest absolute Gasteiger partial charge is 0.223 e. The first-order valence-electron chi connectivity index (χ1n) is 8.31. The summed E-state index contributed by atoms with van der Waals surface area (Å²) in [6.45, 7) is 1.49. The maximum atomic E-state index is 12.4. The molecular formula is C18H22N4O. The van der Waals surface area contributed by atoms with Crippen LogP contribution in [0.4, 0.5) is 5.69 Å². The third-order valence-electron chi connectivity index (χ3n) is 4.80. The molecule has 1 saturated carbocycles. The van der Waals surface area contributed by atoms with Gasteiger partial charge in [0.1, 0.15) is 6.07 Å². The van der Waals surface area contributed by atoms with Gasteiger partial charge in [-0.3, -0.25) is 9.78 Å². The molecule has 0 spiro atoms. The van der Waals surface area contributed by atoms with E-state index in [9.17, 15) is 10.1 Å². The molecule has 0 unspecified atom stereocenters. The van der Waals surface area contributed by atoms with Gasteiger partial charge in [-0.05, 0) is 24.8 Å². The Labute approximate surface area is 137 Å². The Bertz CT molecular complexity index is 626. The Hall–Kier alpha value is -2.35. The molecule has 1 aliphatic carbocycles. The first-order valence-corrected chi connectivity index (χ1v) is 8.31. The van der Waals surface area contributed by atoms with Gasteiger partial charge in [-0.15, -0.1) is 0 Å². The molecule has 2 heterocycles. The minimum atomic E-state index is 0.240. The summed E-state index contributed by atoms with van der Waals surface area (Å²) < 4.78 is 0. The van der Waals surface area contributed by atoms with Gasteiger partial charge in [0, 0.05) is 37.9 Å². The number of nitriles is 1. The molecule has 1 amide bonds. The van der Waals surface area contributed by atoms with E-state index in [1.54, 1.807) is 12.4 Å². The van der Waals surface area contributed by atoms with Gasteiger partial charge in [-0.1, -0.05) is 25.0 Å². The zero-order chi connectivity index (χ0) is 16.1. The monoisotopic (exact) mass is 310 g/mol. The Morgan fingerprint density at radius 2 is 2.13 bits per heavy atom. The summed E-state index contributed by atoms with van der Waals surface area (Å²) >= 11 is 0. The topological polar surface area (TPSA) is 69.0 Å². The van der Waals surface area contributed by atoms with Gasteiger partial charge < -0.3 is 10.2 Å². The number of pyridine rings is 1. The average molecular weight is 310 g/mol. The van der Waals surface area contributed by atoms with Gasteiger partial charge in [-0.2, -0.15) is 5.26 Å². The number of nitrogens with zero attached hydrogens (tertiary/aromatic N) is 3. The Kier molecular flexibility index (Phi) is 4.92. The summed E-state index contributed by atoms with van der Waals surface area (Å²) in [5, 5.41) is 12.7. The summed E-state index contributed by atoms with van der Waals surface area (Å²) in [6.07, 6.45) is 12.4. The molecule has 0 saturated heterocycles. The molecule has 120 valence electrons. The highest BCUT2D eigenvalue weighted by Gasteiger charge is 2.29. The SMILES string of the molecule is N#Cc1cnccc1N[C@H]1CCCC[C@H]1CC(=O)N1CC=CC1. The molecule has 0 aromatic carbocycles. The molecule has 2 aliphatic rings. The zero-order valence-electron chi connectivity index (χ0n) is 13.2. The van der Waals surface area contributed by atoms with Crippen molar-refractivity contribution in [2.75, 3.05) is 18.4 Å². The maximum Gasteiger partial charge on any atom is 0.223 e. The number of aromatic nitrogens is 1. The highest BCUT2D eigenvalue weighted by molar-refractivity contribution is 5.77. The second-order valence-electron chi connectivity index (χ2n) is 6.30. The van der Waals surface area contributed by atoms with E-state index in [4.69, 9.17) is 0 Å². The first kappa shape index (κ1) is 15.5. The minimum absolute atomic E-state index is 0.240. The van der Waals surface area contributed by atoms with Crippen molar-refractivity contribution in [3.63, 3.8) is 0 Å². The minimum Gasteiger partial charge on any atom is -0.381 e. The zero-order valence-corrected chi connectivity index (χ0v) is 13.2. The van der Waals surface area contributed by atoms with Gasteiger partial charge in [0.2, 0.25) is 5.91 Å². The summed E-state index contributed by atoms with van der Waals surface area (Å²) in [7, 11) is 0. The first-order chi connectivity index (χ1) is 11.3. The van der Waals surface area contributed by atoms with Crippen molar-refractivity contribution in [3.05, 3.63) is 36.2 Å². The van der Waals surface area contributed by atoms with Crippen molar-refractivity contribution in [1.29, 1.82) is 5.26 Å². The molecule has 5 nitrogen and oxygen atoms in total. The summed E-state index contributed by atoms with van der Waals surface area (Å²) in [6, 6.07) is 4.27. The van der Waals surface area contributed by atoms with Crippen LogP contribution in [0.25, 0.3) is 0 Å². The van der Waals surface area contributed by atoms with E-state index in [2.05, 4.69) is 16.4 Å². The van der Waals surface area contributed by atoms with Crippen LogP contribution in [0, 0.1) is 17.2 Å². The van der Waals surface area contributed by atoms with Crippen LogP contribution in [0.5, 0.6) is 0 Å². The van der Waals surface area contributed by atoms with Crippen molar-refractivity contribution in [2.45, 2.75) is 38.1 Å². The third kappa shape index (κ3) is 3.70. The number of nitrogens with one attached hydrogen (secondary N) is 1. The normalized spacial score (nSPS) is 23.5. The van der Waals surface area contributed by atoms with Crippen LogP contribution in [0.15, 0.2) is 30.6 Å². The van der Waals surface area contributed by atoms with Crippen LogP contribution in [0.2, 0.25) is 0 Å². The van der Waals surface area contributed by atoms with E-state index >= 15 is 0 Å². The Morgan fingerprint density at radius 1 is 1.35 bits per heavy atom. The Balaban J connectivity index is 1.66. The van der Waals surface area contributed by atoms with E-state index < -0.39 is 0 Å². The standard InChI is InChI=1S/C18H22N4O/c19-12-15-13-20-8-7-17(15)21-16-6-2-1-5-14(16)11-18(23)22-9-3-4-10-22/h3-4,7-8,13-14,16H,1-2,5-6,9-11H2,(H,20,21)/t14-,16-/m0/s1. The van der Waals surface area contributed by atoms with Crippen molar-refractivity contribution in [3.8, 4) is 6.07 Å². The van der Waals surface area contributed by atoms with Crippen LogP contribution in [-0.4, -0.2) is 34.9 Å². The summed E-state index contributed by atoms with van der Waals surface area (Å²) in [5.74, 6) is 0.570. The van der Waals surface area contributed by atoms with Gasteiger partial charge >= 0.3 is 0 Å². The van der Waals surface area contributed by atoms with Gasteiger partial charge in [-0.25, -0.2) is 0 Å². The van der Waals surface area contributed by atoms with E-state index in [1.165, 1.54) is 12.8 Å². The second kappa shape index (κ2) is 7.28. The van der Waals surface area contributed by atoms with E-state index in [0.717, 1.165) is 31.6 Å². The molecular weight excluding hydrogens is 288 g/mol. The van der Waals surface area contributed by atoms with E-state index in [0.29, 0.717) is 17.9 Å². The quantitative estimate of drug-likeness (QED) is 0.868. The molecule has 1 aromatic heterocycles. The largest absolute Gasteiger partial charge is 0.381 e. The van der Waals surface area contributed by atoms with Crippen molar-refractivity contribution >= 4 is 11.6 Å². The van der Waals surface area contributed by atoms with Crippen LogP contribution < -0.4 is 5.32 Å². The highest BCUT2D eigenvalue weighted by atomic mass is 16.2. The van der Waals surface area contributed by atoms with Crippen molar-refractivity contribution in [1.82, 2.24) is 9.88 Å². The van der Waals surface area contributed by atoms with E-state index in [1.807, 2.05) is 23.1 Å². The fourth-order valence-corrected chi connectivity index (χ4v) is 3.49. The number of carbonyl (C=O) groups excluding carboxylic acids is 1. The fourth-order valence-electron chi connectivity index (χ4n) is 3.49. The summed E-state index contributed by atoms with van der Waals surface area (Å²) in [4.78, 5) is 18.3. The Morgan fingerprint density at radius 3 is 2.91 bits per heavy atom. The number of anilines is 1. The fraction of sp³-hybridized carbons (Fsp3) is 0.500. The molecule has 0 radical (unpaired) electrons. The lowest BCUT2D eigenvalue weighted by atomic mass is 9.82. The molecule has 5 heteroatoms. The van der Waals surface area contributed by atoms with Crippen molar-refractivity contribution in [2.24, 2.45) is 5.92 Å². The predicted octanol–water partition coefficient (Wildman–Crippen LogP) is 2.71. The lowest BCUT2D eigenvalue weighted by Crippen LogP contribution is -2.37. The lowest BCUT2D eigenvalue weighted by molar-refractivity contribution is -0.131. The molecule has 1 aromatic rings. The van der Waals surface area contributed by atoms with Crippen LogP contribution in [0.3, 0.4) is 0 Å². The molecule has 1 N–H and O–H groups in total.